The van der Waals surface area contributed by atoms with Crippen molar-refractivity contribution in [2.24, 2.45) is 17.8 Å². The van der Waals surface area contributed by atoms with Crippen molar-refractivity contribution in [3.8, 4) is 0 Å². The summed E-state index contributed by atoms with van der Waals surface area (Å²) in [5.74, 6) is 2.15. The van der Waals surface area contributed by atoms with Crippen LogP contribution in [0.5, 0.6) is 0 Å². The normalized spacial score (nSPS) is 47.5. The van der Waals surface area contributed by atoms with Gasteiger partial charge >= 0.3 is 0 Å². The van der Waals surface area contributed by atoms with Crippen LogP contribution >= 0.6 is 11.6 Å². The highest BCUT2D eigenvalue weighted by atomic mass is 35.5. The third kappa shape index (κ3) is 2.36. The summed E-state index contributed by atoms with van der Waals surface area (Å²) in [6.45, 7) is 4.28. The molecule has 5 aliphatic rings. The molecule has 1 aliphatic heterocycles. The molecule has 6 rings (SSSR count). The van der Waals surface area contributed by atoms with E-state index in [9.17, 15) is 5.11 Å². The molecular formula is C20H27ClN2O. The van der Waals surface area contributed by atoms with E-state index in [0.717, 1.165) is 43.4 Å². The van der Waals surface area contributed by atoms with Crippen molar-refractivity contribution in [3.63, 3.8) is 0 Å². The lowest BCUT2D eigenvalue weighted by atomic mass is 9.52. The number of hydrogen-bond acceptors (Lipinski definition) is 3. The predicted octanol–water partition coefficient (Wildman–Crippen LogP) is 3.36. The number of aliphatic hydroxyl groups is 1. The molecule has 0 amide bonds. The van der Waals surface area contributed by atoms with Crippen LogP contribution in [0.1, 0.15) is 44.6 Å². The van der Waals surface area contributed by atoms with Gasteiger partial charge in [-0.2, -0.15) is 0 Å². The van der Waals surface area contributed by atoms with E-state index in [4.69, 9.17) is 11.6 Å². The van der Waals surface area contributed by atoms with Crippen molar-refractivity contribution < 1.29 is 5.11 Å². The number of benzene rings is 1. The lowest BCUT2D eigenvalue weighted by molar-refractivity contribution is -0.158. The van der Waals surface area contributed by atoms with E-state index >= 15 is 0 Å². The molecule has 4 aliphatic carbocycles. The van der Waals surface area contributed by atoms with E-state index in [0.29, 0.717) is 17.9 Å². The average Bonchev–Trinajstić information content (AvgIpc) is 2.89. The van der Waals surface area contributed by atoms with Gasteiger partial charge in [0.1, 0.15) is 0 Å². The van der Waals surface area contributed by atoms with Crippen molar-refractivity contribution in [1.29, 1.82) is 0 Å². The first-order valence-electron chi connectivity index (χ1n) is 9.42. The average molecular weight is 347 g/mol. The highest BCUT2D eigenvalue weighted by Crippen LogP contribution is 2.57. The minimum absolute atomic E-state index is 0.0313. The molecule has 1 aromatic rings. The van der Waals surface area contributed by atoms with Crippen LogP contribution in [0, 0.1) is 17.8 Å². The zero-order valence-electron chi connectivity index (χ0n) is 14.3. The summed E-state index contributed by atoms with van der Waals surface area (Å²) in [5.41, 5.74) is 0.910. The van der Waals surface area contributed by atoms with E-state index in [1.807, 2.05) is 12.1 Å². The smallest absolute Gasteiger partial charge is 0.0657 e. The Hall–Kier alpha value is -0.610. The molecule has 5 fully saturated rings. The summed E-state index contributed by atoms with van der Waals surface area (Å²) in [5, 5.41) is 15.4. The molecule has 3 unspecified atom stereocenters. The summed E-state index contributed by atoms with van der Waals surface area (Å²) in [6.07, 6.45) is 5.76. The van der Waals surface area contributed by atoms with Gasteiger partial charge in [-0.05, 0) is 74.5 Å². The first-order chi connectivity index (χ1) is 11.4. The number of rotatable bonds is 2. The fourth-order valence-corrected chi connectivity index (χ4v) is 6.77. The summed E-state index contributed by atoms with van der Waals surface area (Å²) in [6, 6.07) is 8.92. The first-order valence-corrected chi connectivity index (χ1v) is 9.79. The molecule has 1 saturated heterocycles. The van der Waals surface area contributed by atoms with Gasteiger partial charge in [-0.15, -0.1) is 0 Å². The van der Waals surface area contributed by atoms with E-state index in [-0.39, 0.29) is 11.1 Å². The van der Waals surface area contributed by atoms with Crippen LogP contribution in [-0.2, 0) is 5.54 Å². The van der Waals surface area contributed by atoms with Crippen LogP contribution in [0.2, 0.25) is 5.02 Å². The van der Waals surface area contributed by atoms with Gasteiger partial charge in [0, 0.05) is 24.3 Å². The highest BCUT2D eigenvalue weighted by Gasteiger charge is 2.57. The Morgan fingerprint density at radius 3 is 2.62 bits per heavy atom. The Balaban J connectivity index is 1.38. The van der Waals surface area contributed by atoms with Crippen molar-refractivity contribution in [1.82, 2.24) is 10.2 Å². The Bertz CT molecular complexity index is 649. The molecule has 3 atom stereocenters. The lowest BCUT2D eigenvalue weighted by Crippen LogP contribution is -2.61. The Morgan fingerprint density at radius 2 is 1.96 bits per heavy atom. The van der Waals surface area contributed by atoms with E-state index < -0.39 is 0 Å². The Kier molecular flexibility index (Phi) is 3.39. The molecule has 24 heavy (non-hydrogen) atoms. The number of hydrogen-bond donors (Lipinski definition) is 2. The molecule has 130 valence electrons. The fraction of sp³-hybridized carbons (Fsp3) is 0.700. The molecule has 4 heteroatoms. The fourth-order valence-electron chi connectivity index (χ4n) is 6.58. The van der Waals surface area contributed by atoms with Crippen molar-refractivity contribution >= 4 is 11.6 Å². The monoisotopic (exact) mass is 346 g/mol. The van der Waals surface area contributed by atoms with Crippen LogP contribution in [-0.4, -0.2) is 34.9 Å². The largest absolute Gasteiger partial charge is 0.390 e. The topological polar surface area (TPSA) is 35.5 Å². The van der Waals surface area contributed by atoms with E-state index in [2.05, 4.69) is 29.3 Å². The minimum Gasteiger partial charge on any atom is -0.390 e. The van der Waals surface area contributed by atoms with Gasteiger partial charge in [0.25, 0.3) is 0 Å². The molecule has 0 spiro atoms. The maximum Gasteiger partial charge on any atom is 0.0657 e. The summed E-state index contributed by atoms with van der Waals surface area (Å²) >= 11 is 6.22. The van der Waals surface area contributed by atoms with Gasteiger partial charge in [0.05, 0.1) is 11.1 Å². The zero-order chi connectivity index (χ0) is 16.5. The van der Waals surface area contributed by atoms with Gasteiger partial charge < -0.3 is 5.11 Å². The highest BCUT2D eigenvalue weighted by molar-refractivity contribution is 6.30. The zero-order valence-corrected chi connectivity index (χ0v) is 15.1. The molecule has 0 aromatic heterocycles. The maximum atomic E-state index is 10.8. The van der Waals surface area contributed by atoms with E-state index in [1.165, 1.54) is 18.4 Å². The third-order valence-electron chi connectivity index (χ3n) is 7.27. The van der Waals surface area contributed by atoms with Gasteiger partial charge in [-0.1, -0.05) is 23.7 Å². The summed E-state index contributed by atoms with van der Waals surface area (Å²) in [4.78, 5) is 2.66. The molecule has 0 radical (unpaired) electrons. The van der Waals surface area contributed by atoms with Gasteiger partial charge in [0.2, 0.25) is 0 Å². The van der Waals surface area contributed by atoms with E-state index in [1.54, 1.807) is 0 Å². The van der Waals surface area contributed by atoms with Crippen molar-refractivity contribution in [3.05, 3.63) is 34.9 Å². The molecule has 1 aromatic carbocycles. The van der Waals surface area contributed by atoms with Crippen molar-refractivity contribution in [2.45, 2.75) is 56.2 Å². The SMILES string of the molecule is CC1(c2cccc(Cl)c2)CN(C2C3CC4CC2CC(O)(C4)C3)CN1. The Labute approximate surface area is 149 Å². The molecule has 1 heterocycles. The summed E-state index contributed by atoms with van der Waals surface area (Å²) < 4.78 is 0. The van der Waals surface area contributed by atoms with Gasteiger partial charge in [0.15, 0.2) is 0 Å². The summed E-state index contributed by atoms with van der Waals surface area (Å²) in [7, 11) is 0. The lowest BCUT2D eigenvalue weighted by Gasteiger charge is -2.59. The van der Waals surface area contributed by atoms with Crippen LogP contribution in [0.3, 0.4) is 0 Å². The molecular weight excluding hydrogens is 320 g/mol. The maximum absolute atomic E-state index is 10.8. The predicted molar refractivity (Wildman–Crippen MR) is 95.8 cm³/mol. The molecule has 3 nitrogen and oxygen atoms in total. The molecule has 4 saturated carbocycles. The molecule has 2 N–H and O–H groups in total. The first kappa shape index (κ1) is 15.6. The molecule has 4 bridgehead atoms. The van der Waals surface area contributed by atoms with Crippen LogP contribution in [0.15, 0.2) is 24.3 Å². The van der Waals surface area contributed by atoms with Crippen molar-refractivity contribution in [2.75, 3.05) is 13.2 Å². The van der Waals surface area contributed by atoms with Gasteiger partial charge in [-0.25, -0.2) is 0 Å². The second-order valence-corrected chi connectivity index (χ2v) is 9.55. The standard InChI is InChI=1S/C20H27ClN2O/c1-19(16-3-2-4-17(21)7-16)11-23(12-22-19)18-14-5-13-6-15(18)10-20(24,8-13)9-14/h2-4,7,13-15,18,22,24H,5-6,8-12H2,1H3. The van der Waals surface area contributed by atoms with Gasteiger partial charge in [-0.3, -0.25) is 10.2 Å². The second-order valence-electron chi connectivity index (χ2n) is 9.11. The third-order valence-corrected chi connectivity index (χ3v) is 7.50. The minimum atomic E-state index is -0.337. The van der Waals surface area contributed by atoms with Crippen LogP contribution in [0.4, 0.5) is 0 Å². The second kappa shape index (κ2) is 5.20. The Morgan fingerprint density at radius 1 is 1.21 bits per heavy atom. The number of halogens is 1. The quantitative estimate of drug-likeness (QED) is 0.862. The van der Waals surface area contributed by atoms with Crippen LogP contribution in [0.25, 0.3) is 0 Å². The number of nitrogens with one attached hydrogen (secondary N) is 1. The number of nitrogens with zero attached hydrogens (tertiary/aromatic N) is 1. The van der Waals surface area contributed by atoms with Crippen LogP contribution < -0.4 is 5.32 Å².